The molecule has 0 bridgehead atoms. The Kier molecular flexibility index (Phi) is 5.26. The van der Waals surface area contributed by atoms with E-state index in [0.29, 0.717) is 12.3 Å². The summed E-state index contributed by atoms with van der Waals surface area (Å²) in [5.74, 6) is 0.642. The first-order valence-corrected chi connectivity index (χ1v) is 8.36. The molecule has 23 heavy (non-hydrogen) atoms. The van der Waals surface area contributed by atoms with Crippen molar-refractivity contribution in [2.24, 2.45) is 5.92 Å². The fourth-order valence-corrected chi connectivity index (χ4v) is 3.13. The highest BCUT2D eigenvalue weighted by Gasteiger charge is 2.16. The summed E-state index contributed by atoms with van der Waals surface area (Å²) in [6.45, 7) is 2.35. The average molecular weight is 312 g/mol. The van der Waals surface area contributed by atoms with E-state index in [-0.39, 0.29) is 12.5 Å². The maximum Gasteiger partial charge on any atom is 0.220 e. The van der Waals surface area contributed by atoms with E-state index in [9.17, 15) is 9.90 Å². The molecule has 0 radical (unpaired) electrons. The highest BCUT2D eigenvalue weighted by molar-refractivity contribution is 5.83. The van der Waals surface area contributed by atoms with Gasteiger partial charge in [-0.05, 0) is 54.3 Å². The van der Waals surface area contributed by atoms with Crippen molar-refractivity contribution in [3.63, 3.8) is 0 Å². The molecule has 2 aromatic rings. The fourth-order valence-electron chi connectivity index (χ4n) is 3.13. The molecule has 1 aliphatic rings. The number of amides is 1. The Labute approximate surface area is 136 Å². The molecule has 1 aliphatic heterocycles. The van der Waals surface area contributed by atoms with Crippen LogP contribution in [-0.4, -0.2) is 30.6 Å². The van der Waals surface area contributed by atoms with Crippen LogP contribution in [0.25, 0.3) is 10.8 Å². The van der Waals surface area contributed by atoms with Gasteiger partial charge < -0.3 is 15.7 Å². The van der Waals surface area contributed by atoms with Gasteiger partial charge in [-0.1, -0.05) is 36.4 Å². The minimum absolute atomic E-state index is 0.0248. The summed E-state index contributed by atoms with van der Waals surface area (Å²) in [6, 6.07) is 14.0. The monoisotopic (exact) mass is 312 g/mol. The number of hydrogen-bond acceptors (Lipinski definition) is 3. The number of rotatable bonds is 6. The lowest BCUT2D eigenvalue weighted by Gasteiger charge is -2.14. The highest BCUT2D eigenvalue weighted by atomic mass is 16.3. The lowest BCUT2D eigenvalue weighted by molar-refractivity contribution is -0.121. The van der Waals surface area contributed by atoms with Gasteiger partial charge in [0.15, 0.2) is 0 Å². The van der Waals surface area contributed by atoms with E-state index < -0.39 is 6.10 Å². The predicted octanol–water partition coefficient (Wildman–Crippen LogP) is 2.38. The van der Waals surface area contributed by atoms with Crippen molar-refractivity contribution in [3.05, 3.63) is 48.0 Å². The normalized spacial score (nSPS) is 18.9. The standard InChI is InChI=1S/C19H24N2O2/c22-18(13-21-19(23)8-5-14-9-10-20-12-14)17-7-6-15-3-1-2-4-16(15)11-17/h1-4,6-7,11,14,18,20,22H,5,8-10,12-13H2,(H,21,23). The Hall–Kier alpha value is -1.91. The van der Waals surface area contributed by atoms with Crippen molar-refractivity contribution in [3.8, 4) is 0 Å². The summed E-state index contributed by atoms with van der Waals surface area (Å²) in [5, 5.41) is 18.7. The molecule has 0 saturated carbocycles. The van der Waals surface area contributed by atoms with E-state index in [0.717, 1.165) is 42.3 Å². The summed E-state index contributed by atoms with van der Waals surface area (Å²) < 4.78 is 0. The van der Waals surface area contributed by atoms with Crippen molar-refractivity contribution in [2.75, 3.05) is 19.6 Å². The Balaban J connectivity index is 1.49. The van der Waals surface area contributed by atoms with E-state index in [2.05, 4.69) is 10.6 Å². The molecule has 0 aromatic heterocycles. The van der Waals surface area contributed by atoms with Crippen LogP contribution in [0.3, 0.4) is 0 Å². The van der Waals surface area contributed by atoms with E-state index in [1.807, 2.05) is 42.5 Å². The smallest absolute Gasteiger partial charge is 0.220 e. The van der Waals surface area contributed by atoms with Gasteiger partial charge in [-0.25, -0.2) is 0 Å². The second-order valence-corrected chi connectivity index (χ2v) is 6.32. The second-order valence-electron chi connectivity index (χ2n) is 6.32. The zero-order valence-electron chi connectivity index (χ0n) is 13.3. The molecule has 1 saturated heterocycles. The van der Waals surface area contributed by atoms with E-state index in [4.69, 9.17) is 0 Å². The van der Waals surface area contributed by atoms with Gasteiger partial charge in [-0.2, -0.15) is 0 Å². The number of fused-ring (bicyclic) bond motifs is 1. The van der Waals surface area contributed by atoms with Gasteiger partial charge in [0.05, 0.1) is 6.10 Å². The first-order chi connectivity index (χ1) is 11.2. The number of hydrogen-bond donors (Lipinski definition) is 3. The number of aliphatic hydroxyl groups is 1. The fraction of sp³-hybridized carbons (Fsp3) is 0.421. The van der Waals surface area contributed by atoms with Crippen molar-refractivity contribution in [2.45, 2.75) is 25.4 Å². The molecule has 4 heteroatoms. The van der Waals surface area contributed by atoms with Gasteiger partial charge in [0.25, 0.3) is 0 Å². The minimum atomic E-state index is -0.670. The van der Waals surface area contributed by atoms with Gasteiger partial charge in [0.1, 0.15) is 0 Å². The molecule has 122 valence electrons. The predicted molar refractivity (Wildman–Crippen MR) is 92.1 cm³/mol. The number of carbonyl (C=O) groups excluding carboxylic acids is 1. The first kappa shape index (κ1) is 16.0. The molecule has 2 atom stereocenters. The number of carbonyl (C=O) groups is 1. The maximum absolute atomic E-state index is 11.9. The van der Waals surface area contributed by atoms with Crippen LogP contribution in [0, 0.1) is 5.92 Å². The number of nitrogens with one attached hydrogen (secondary N) is 2. The average Bonchev–Trinajstić information content (AvgIpc) is 3.11. The summed E-state index contributed by atoms with van der Waals surface area (Å²) in [6.07, 6.45) is 1.95. The molecule has 1 heterocycles. The molecule has 2 aromatic carbocycles. The molecular weight excluding hydrogens is 288 g/mol. The number of aliphatic hydroxyl groups excluding tert-OH is 1. The molecule has 0 spiro atoms. The van der Waals surface area contributed by atoms with Crippen LogP contribution >= 0.6 is 0 Å². The SMILES string of the molecule is O=C(CCC1CCNC1)NCC(O)c1ccc2ccccc2c1. The van der Waals surface area contributed by atoms with Gasteiger partial charge in [0, 0.05) is 13.0 Å². The highest BCUT2D eigenvalue weighted by Crippen LogP contribution is 2.20. The van der Waals surface area contributed by atoms with Gasteiger partial charge >= 0.3 is 0 Å². The van der Waals surface area contributed by atoms with Crippen molar-refractivity contribution in [1.29, 1.82) is 0 Å². The van der Waals surface area contributed by atoms with E-state index in [1.54, 1.807) is 0 Å². The lowest BCUT2D eigenvalue weighted by atomic mass is 10.0. The van der Waals surface area contributed by atoms with E-state index >= 15 is 0 Å². The molecule has 2 unspecified atom stereocenters. The van der Waals surface area contributed by atoms with Crippen LogP contribution in [0.5, 0.6) is 0 Å². The number of benzene rings is 2. The van der Waals surface area contributed by atoms with Gasteiger partial charge in [0.2, 0.25) is 5.91 Å². The lowest BCUT2D eigenvalue weighted by Crippen LogP contribution is -2.28. The third-order valence-corrected chi connectivity index (χ3v) is 4.59. The minimum Gasteiger partial charge on any atom is -0.387 e. The van der Waals surface area contributed by atoms with Crippen LogP contribution in [0.1, 0.15) is 30.9 Å². The molecule has 3 rings (SSSR count). The van der Waals surface area contributed by atoms with Crippen LogP contribution in [0.2, 0.25) is 0 Å². The maximum atomic E-state index is 11.9. The summed E-state index contributed by atoms with van der Waals surface area (Å²) in [4.78, 5) is 11.9. The molecule has 0 aliphatic carbocycles. The van der Waals surface area contributed by atoms with Crippen molar-refractivity contribution in [1.82, 2.24) is 10.6 Å². The topological polar surface area (TPSA) is 61.4 Å². The van der Waals surface area contributed by atoms with Crippen LogP contribution in [0.4, 0.5) is 0 Å². The Bertz CT molecular complexity index is 665. The molecule has 3 N–H and O–H groups in total. The quantitative estimate of drug-likeness (QED) is 0.767. The Morgan fingerprint density at radius 2 is 2.09 bits per heavy atom. The summed E-state index contributed by atoms with van der Waals surface area (Å²) in [7, 11) is 0. The Morgan fingerprint density at radius 1 is 1.26 bits per heavy atom. The molecule has 1 amide bonds. The van der Waals surface area contributed by atoms with Gasteiger partial charge in [-0.15, -0.1) is 0 Å². The first-order valence-electron chi connectivity index (χ1n) is 8.36. The second kappa shape index (κ2) is 7.57. The largest absolute Gasteiger partial charge is 0.387 e. The zero-order valence-corrected chi connectivity index (χ0v) is 13.3. The van der Waals surface area contributed by atoms with Crippen molar-refractivity contribution >= 4 is 16.7 Å². The van der Waals surface area contributed by atoms with Gasteiger partial charge in [-0.3, -0.25) is 4.79 Å². The third kappa shape index (κ3) is 4.30. The van der Waals surface area contributed by atoms with E-state index in [1.165, 1.54) is 0 Å². The molecular formula is C19H24N2O2. The zero-order chi connectivity index (χ0) is 16.1. The summed E-state index contributed by atoms with van der Waals surface area (Å²) >= 11 is 0. The third-order valence-electron chi connectivity index (χ3n) is 4.59. The molecule has 1 fully saturated rings. The van der Waals surface area contributed by atoms with Crippen LogP contribution in [-0.2, 0) is 4.79 Å². The molecule has 4 nitrogen and oxygen atoms in total. The van der Waals surface area contributed by atoms with Crippen LogP contribution in [0.15, 0.2) is 42.5 Å². The summed E-state index contributed by atoms with van der Waals surface area (Å²) in [5.41, 5.74) is 0.837. The Morgan fingerprint density at radius 3 is 2.87 bits per heavy atom. The van der Waals surface area contributed by atoms with Crippen molar-refractivity contribution < 1.29 is 9.90 Å². The van der Waals surface area contributed by atoms with Crippen LogP contribution < -0.4 is 10.6 Å².